The van der Waals surface area contributed by atoms with E-state index in [2.05, 4.69) is 4.90 Å². The maximum Gasteiger partial charge on any atom is 0.410 e. The Hall–Kier alpha value is -2.38. The van der Waals surface area contributed by atoms with Crippen LogP contribution in [0, 0.1) is 5.82 Å². The highest BCUT2D eigenvalue weighted by Gasteiger charge is 2.26. The Kier molecular flexibility index (Phi) is 6.59. The first-order valence-electron chi connectivity index (χ1n) is 9.91. The molecule has 0 bridgehead atoms. The van der Waals surface area contributed by atoms with Gasteiger partial charge in [-0.25, -0.2) is 9.18 Å². The second kappa shape index (κ2) is 8.97. The standard InChI is InChI=1S/C22H29FN2O4/c1-22(2,3)29-21(27)25-12-10-24(11-13-25)14-17(26)15-28-19-9-5-7-16-6-4-8-18(23)20(16)19/h4-9,17,26H,10-15H2,1-3H3. The van der Waals surface area contributed by atoms with Gasteiger partial charge in [-0.05, 0) is 38.3 Å². The fraction of sp³-hybridized carbons (Fsp3) is 0.500. The van der Waals surface area contributed by atoms with Gasteiger partial charge in [0.15, 0.2) is 0 Å². The molecule has 1 aliphatic rings. The molecule has 158 valence electrons. The minimum Gasteiger partial charge on any atom is -0.490 e. The number of β-amino-alcohol motifs (C(OH)–C–C–N with tert-alkyl or cyclic N) is 1. The number of carbonyl (C=O) groups is 1. The molecule has 1 N–H and O–H groups in total. The lowest BCUT2D eigenvalue weighted by molar-refractivity contribution is 0.00717. The van der Waals surface area contributed by atoms with E-state index in [1.165, 1.54) is 6.07 Å². The van der Waals surface area contributed by atoms with Gasteiger partial charge >= 0.3 is 6.09 Å². The third-order valence-corrected chi connectivity index (χ3v) is 4.74. The van der Waals surface area contributed by atoms with Crippen LogP contribution in [0.3, 0.4) is 0 Å². The summed E-state index contributed by atoms with van der Waals surface area (Å²) in [6.45, 7) is 8.44. The molecular formula is C22H29FN2O4. The van der Waals surface area contributed by atoms with Crippen LogP contribution >= 0.6 is 0 Å². The van der Waals surface area contributed by atoms with E-state index in [1.807, 2.05) is 32.9 Å². The van der Waals surface area contributed by atoms with Gasteiger partial charge in [0, 0.05) is 32.7 Å². The monoisotopic (exact) mass is 404 g/mol. The van der Waals surface area contributed by atoms with Crippen LogP contribution in [0.5, 0.6) is 5.75 Å². The van der Waals surface area contributed by atoms with E-state index in [0.717, 1.165) is 5.39 Å². The second-order valence-corrected chi connectivity index (χ2v) is 8.33. The summed E-state index contributed by atoms with van der Waals surface area (Å²) in [5.74, 6) is 0.0836. The average molecular weight is 404 g/mol. The highest BCUT2D eigenvalue weighted by Crippen LogP contribution is 2.28. The van der Waals surface area contributed by atoms with Crippen molar-refractivity contribution in [3.8, 4) is 5.75 Å². The molecule has 1 atom stereocenters. The molecule has 3 rings (SSSR count). The number of hydrogen-bond donors (Lipinski definition) is 1. The minimum atomic E-state index is -0.717. The molecule has 0 aromatic heterocycles. The van der Waals surface area contributed by atoms with Gasteiger partial charge in [0.1, 0.15) is 29.9 Å². The maximum atomic E-state index is 14.2. The SMILES string of the molecule is CC(C)(C)OC(=O)N1CCN(CC(O)COc2cccc3cccc(F)c23)CC1. The number of carbonyl (C=O) groups excluding carboxylic acids is 1. The Morgan fingerprint density at radius 2 is 1.79 bits per heavy atom. The molecule has 6 nitrogen and oxygen atoms in total. The smallest absolute Gasteiger partial charge is 0.410 e. The lowest BCUT2D eigenvalue weighted by Gasteiger charge is -2.36. The fourth-order valence-corrected chi connectivity index (χ4v) is 3.36. The molecule has 0 saturated carbocycles. The van der Waals surface area contributed by atoms with E-state index >= 15 is 0 Å². The van der Waals surface area contributed by atoms with Crippen molar-refractivity contribution in [3.63, 3.8) is 0 Å². The van der Waals surface area contributed by atoms with Crippen LogP contribution in [0.15, 0.2) is 36.4 Å². The number of aliphatic hydroxyl groups excluding tert-OH is 1. The van der Waals surface area contributed by atoms with Gasteiger partial charge in [0.25, 0.3) is 0 Å². The quantitative estimate of drug-likeness (QED) is 0.829. The predicted octanol–water partition coefficient (Wildman–Crippen LogP) is 3.27. The lowest BCUT2D eigenvalue weighted by Crippen LogP contribution is -2.51. The summed E-state index contributed by atoms with van der Waals surface area (Å²) in [4.78, 5) is 15.9. The molecule has 2 aromatic rings. The summed E-state index contributed by atoms with van der Waals surface area (Å²) in [5, 5.41) is 11.6. The summed E-state index contributed by atoms with van der Waals surface area (Å²) in [7, 11) is 0. The molecule has 29 heavy (non-hydrogen) atoms. The summed E-state index contributed by atoms with van der Waals surface area (Å²) in [5.41, 5.74) is -0.511. The molecule has 0 aliphatic carbocycles. The molecule has 1 aliphatic heterocycles. The summed E-state index contributed by atoms with van der Waals surface area (Å²) in [6.07, 6.45) is -1.02. The van der Waals surface area contributed by atoms with Crippen molar-refractivity contribution in [3.05, 3.63) is 42.2 Å². The van der Waals surface area contributed by atoms with Crippen molar-refractivity contribution in [1.29, 1.82) is 0 Å². The van der Waals surface area contributed by atoms with E-state index in [4.69, 9.17) is 9.47 Å². The van der Waals surface area contributed by atoms with Crippen LogP contribution < -0.4 is 4.74 Å². The number of amides is 1. The number of rotatable bonds is 5. The van der Waals surface area contributed by atoms with Gasteiger partial charge in [-0.15, -0.1) is 0 Å². The fourth-order valence-electron chi connectivity index (χ4n) is 3.36. The van der Waals surface area contributed by atoms with E-state index in [0.29, 0.717) is 43.9 Å². The Bertz CT molecular complexity index is 839. The molecular weight excluding hydrogens is 375 g/mol. The zero-order valence-electron chi connectivity index (χ0n) is 17.2. The molecule has 1 fully saturated rings. The lowest BCUT2D eigenvalue weighted by atomic mass is 10.1. The van der Waals surface area contributed by atoms with E-state index in [1.54, 1.807) is 23.1 Å². The van der Waals surface area contributed by atoms with Crippen LogP contribution in [0.25, 0.3) is 10.8 Å². The van der Waals surface area contributed by atoms with E-state index < -0.39 is 11.7 Å². The van der Waals surface area contributed by atoms with E-state index in [-0.39, 0.29) is 18.5 Å². The summed E-state index contributed by atoms with van der Waals surface area (Å²) in [6, 6.07) is 10.2. The average Bonchev–Trinajstić information content (AvgIpc) is 2.65. The van der Waals surface area contributed by atoms with Gasteiger partial charge in [-0.1, -0.05) is 24.3 Å². The number of nitrogens with zero attached hydrogens (tertiary/aromatic N) is 2. The molecule has 1 heterocycles. The molecule has 1 unspecified atom stereocenters. The Morgan fingerprint density at radius 3 is 2.45 bits per heavy atom. The molecule has 1 saturated heterocycles. The zero-order chi connectivity index (χ0) is 21.0. The number of hydrogen-bond acceptors (Lipinski definition) is 5. The van der Waals surface area contributed by atoms with Gasteiger partial charge < -0.3 is 19.5 Å². The number of aliphatic hydroxyl groups is 1. The Labute approximate surface area is 170 Å². The summed E-state index contributed by atoms with van der Waals surface area (Å²) >= 11 is 0. The Morgan fingerprint density at radius 1 is 1.14 bits per heavy atom. The third-order valence-electron chi connectivity index (χ3n) is 4.74. The minimum absolute atomic E-state index is 0.0692. The van der Waals surface area contributed by atoms with Crippen molar-refractivity contribution < 1.29 is 23.8 Å². The first-order chi connectivity index (χ1) is 13.7. The van der Waals surface area contributed by atoms with Crippen molar-refractivity contribution in [2.24, 2.45) is 0 Å². The number of fused-ring (bicyclic) bond motifs is 1. The first-order valence-corrected chi connectivity index (χ1v) is 9.91. The number of benzene rings is 2. The van der Waals surface area contributed by atoms with Crippen LogP contribution in [0.2, 0.25) is 0 Å². The van der Waals surface area contributed by atoms with Crippen LogP contribution in [0.1, 0.15) is 20.8 Å². The highest BCUT2D eigenvalue weighted by molar-refractivity contribution is 5.88. The largest absolute Gasteiger partial charge is 0.490 e. The van der Waals surface area contributed by atoms with Crippen LogP contribution in [-0.4, -0.2) is 72.0 Å². The highest BCUT2D eigenvalue weighted by atomic mass is 19.1. The normalized spacial score (nSPS) is 16.7. The van der Waals surface area contributed by atoms with Gasteiger partial charge in [-0.3, -0.25) is 4.90 Å². The molecule has 7 heteroatoms. The number of piperazine rings is 1. The van der Waals surface area contributed by atoms with Crippen molar-refractivity contribution >= 4 is 16.9 Å². The van der Waals surface area contributed by atoms with Crippen molar-refractivity contribution in [1.82, 2.24) is 9.80 Å². The Balaban J connectivity index is 1.48. The summed E-state index contributed by atoms with van der Waals surface area (Å²) < 4.78 is 25.3. The first kappa shape index (κ1) is 21.3. The molecule has 2 aromatic carbocycles. The van der Waals surface area contributed by atoms with Crippen molar-refractivity contribution in [2.75, 3.05) is 39.3 Å². The van der Waals surface area contributed by atoms with E-state index in [9.17, 15) is 14.3 Å². The molecule has 0 radical (unpaired) electrons. The van der Waals surface area contributed by atoms with Gasteiger partial charge in [-0.2, -0.15) is 0 Å². The second-order valence-electron chi connectivity index (χ2n) is 8.33. The molecule has 0 spiro atoms. The topological polar surface area (TPSA) is 62.2 Å². The predicted molar refractivity (Wildman–Crippen MR) is 110 cm³/mol. The third kappa shape index (κ3) is 5.81. The van der Waals surface area contributed by atoms with Crippen molar-refractivity contribution in [2.45, 2.75) is 32.5 Å². The molecule has 1 amide bonds. The maximum absolute atomic E-state index is 14.2. The van der Waals surface area contributed by atoms with Gasteiger partial charge in [0.05, 0.1) is 5.39 Å². The number of halogens is 1. The van der Waals surface area contributed by atoms with Gasteiger partial charge in [0.2, 0.25) is 0 Å². The zero-order valence-corrected chi connectivity index (χ0v) is 17.2. The van der Waals surface area contributed by atoms with Crippen LogP contribution in [0.4, 0.5) is 9.18 Å². The number of ether oxygens (including phenoxy) is 2. The van der Waals surface area contributed by atoms with Crippen LogP contribution in [-0.2, 0) is 4.74 Å².